The van der Waals surface area contributed by atoms with Crippen LogP contribution in [-0.2, 0) is 14.3 Å². The number of carbonyl (C=O) groups excluding carboxylic acids is 2. The lowest BCUT2D eigenvalue weighted by Crippen LogP contribution is -2.40. The maximum Gasteiger partial charge on any atom is 0.343 e. The first-order chi connectivity index (χ1) is 10.1. The van der Waals surface area contributed by atoms with E-state index in [1.807, 2.05) is 6.08 Å². The molecule has 4 aliphatic carbocycles. The average molecular weight is 289 g/mol. The van der Waals surface area contributed by atoms with Crippen LogP contribution in [0.2, 0.25) is 0 Å². The van der Waals surface area contributed by atoms with Gasteiger partial charge in [0, 0.05) is 0 Å². The Morgan fingerprint density at radius 3 is 2.19 bits per heavy atom. The SMILES string of the molecule is CCOC(=O)/C(=C/C=C1C2CC3CC(C2)CC1C3)C(N)=O. The zero-order valence-corrected chi connectivity index (χ0v) is 12.5. The van der Waals surface area contributed by atoms with Crippen molar-refractivity contribution in [2.75, 3.05) is 6.61 Å². The van der Waals surface area contributed by atoms with Crippen LogP contribution in [-0.4, -0.2) is 18.5 Å². The van der Waals surface area contributed by atoms with Gasteiger partial charge in [0.05, 0.1) is 6.61 Å². The van der Waals surface area contributed by atoms with Crippen LogP contribution in [0.5, 0.6) is 0 Å². The van der Waals surface area contributed by atoms with E-state index in [1.54, 1.807) is 13.0 Å². The third-order valence-corrected chi connectivity index (χ3v) is 5.28. The van der Waals surface area contributed by atoms with Crippen molar-refractivity contribution in [2.24, 2.45) is 29.4 Å². The number of hydrogen-bond donors (Lipinski definition) is 1. The van der Waals surface area contributed by atoms with Crippen molar-refractivity contribution in [3.63, 3.8) is 0 Å². The number of allylic oxidation sites excluding steroid dienone is 3. The molecule has 4 nitrogen and oxygen atoms in total. The van der Waals surface area contributed by atoms with Crippen LogP contribution in [0, 0.1) is 23.7 Å². The summed E-state index contributed by atoms with van der Waals surface area (Å²) < 4.78 is 4.89. The van der Waals surface area contributed by atoms with E-state index in [-0.39, 0.29) is 12.2 Å². The van der Waals surface area contributed by atoms with Crippen molar-refractivity contribution < 1.29 is 14.3 Å². The minimum absolute atomic E-state index is 0.0434. The molecule has 4 fully saturated rings. The van der Waals surface area contributed by atoms with Crippen LogP contribution < -0.4 is 5.73 Å². The molecule has 4 rings (SSSR count). The van der Waals surface area contributed by atoms with Crippen molar-refractivity contribution >= 4 is 11.9 Å². The Hall–Kier alpha value is -1.58. The maximum absolute atomic E-state index is 11.7. The first-order valence-corrected chi connectivity index (χ1v) is 7.97. The number of carbonyl (C=O) groups is 2. The monoisotopic (exact) mass is 289 g/mol. The standard InChI is InChI=1S/C17H23NO3/c1-2-21-17(20)15(16(18)19)4-3-14-12-6-10-5-11(8-12)9-13(14)7-10/h3-4,10-13H,2,5-9H2,1H3,(H2,18,19)/b14-3?,15-4+. The van der Waals surface area contributed by atoms with E-state index in [0.29, 0.717) is 11.8 Å². The summed E-state index contributed by atoms with van der Waals surface area (Å²) in [6, 6.07) is 0. The number of ether oxygens (including phenoxy) is 1. The summed E-state index contributed by atoms with van der Waals surface area (Å²) in [5.41, 5.74) is 6.67. The van der Waals surface area contributed by atoms with Gasteiger partial charge in [-0.3, -0.25) is 4.79 Å². The van der Waals surface area contributed by atoms with E-state index in [0.717, 1.165) is 11.8 Å². The Labute approximate surface area is 125 Å². The Morgan fingerprint density at radius 1 is 1.14 bits per heavy atom. The summed E-state index contributed by atoms with van der Waals surface area (Å²) in [6.45, 7) is 1.96. The lowest BCUT2D eigenvalue weighted by Gasteiger charge is -2.51. The fraction of sp³-hybridized carbons (Fsp3) is 0.647. The van der Waals surface area contributed by atoms with E-state index < -0.39 is 11.9 Å². The fourth-order valence-corrected chi connectivity index (χ4v) is 4.64. The number of hydrogen-bond acceptors (Lipinski definition) is 3. The second-order valence-electron chi connectivity index (χ2n) is 6.64. The molecule has 21 heavy (non-hydrogen) atoms. The van der Waals surface area contributed by atoms with Gasteiger partial charge in [0.15, 0.2) is 0 Å². The lowest BCUT2D eigenvalue weighted by molar-refractivity contribution is -0.139. The third kappa shape index (κ3) is 2.76. The van der Waals surface area contributed by atoms with E-state index >= 15 is 0 Å². The second kappa shape index (κ2) is 5.66. The maximum atomic E-state index is 11.7. The summed E-state index contributed by atoms with van der Waals surface area (Å²) in [4.78, 5) is 23.2. The second-order valence-corrected chi connectivity index (χ2v) is 6.64. The molecule has 114 valence electrons. The zero-order chi connectivity index (χ0) is 15.0. The molecule has 4 aliphatic rings. The van der Waals surface area contributed by atoms with Crippen LogP contribution in [0.4, 0.5) is 0 Å². The van der Waals surface area contributed by atoms with E-state index in [9.17, 15) is 9.59 Å². The fourth-order valence-electron chi connectivity index (χ4n) is 4.64. The number of amides is 1. The Bertz CT molecular complexity index is 488. The number of rotatable bonds is 4. The van der Waals surface area contributed by atoms with Gasteiger partial charge in [-0.25, -0.2) is 4.79 Å². The first kappa shape index (κ1) is 14.4. The van der Waals surface area contributed by atoms with Crippen LogP contribution in [0.15, 0.2) is 23.3 Å². The highest BCUT2D eigenvalue weighted by atomic mass is 16.5. The van der Waals surface area contributed by atoms with Crippen molar-refractivity contribution in [3.05, 3.63) is 23.3 Å². The quantitative estimate of drug-likeness (QED) is 0.374. The summed E-state index contributed by atoms with van der Waals surface area (Å²) in [6.07, 6.45) is 10.1. The normalized spacial score (nSPS) is 34.0. The molecule has 0 aromatic heterocycles. The number of primary amides is 1. The molecule has 0 aromatic carbocycles. The van der Waals surface area contributed by atoms with Gasteiger partial charge in [-0.2, -0.15) is 0 Å². The molecule has 0 saturated heterocycles. The molecule has 0 unspecified atom stereocenters. The molecule has 0 heterocycles. The minimum atomic E-state index is -0.714. The van der Waals surface area contributed by atoms with E-state index in [2.05, 4.69) is 0 Å². The largest absolute Gasteiger partial charge is 0.462 e. The summed E-state index contributed by atoms with van der Waals surface area (Å²) >= 11 is 0. The molecular weight excluding hydrogens is 266 g/mol. The topological polar surface area (TPSA) is 69.4 Å². The lowest BCUT2D eigenvalue weighted by atomic mass is 9.54. The number of esters is 1. The van der Waals surface area contributed by atoms with Gasteiger partial charge in [-0.15, -0.1) is 0 Å². The van der Waals surface area contributed by atoms with Crippen molar-refractivity contribution in [1.29, 1.82) is 0 Å². The number of nitrogens with two attached hydrogens (primary N) is 1. The van der Waals surface area contributed by atoms with Crippen LogP contribution >= 0.6 is 0 Å². The van der Waals surface area contributed by atoms with Gasteiger partial charge in [0.2, 0.25) is 0 Å². The highest BCUT2D eigenvalue weighted by Gasteiger charge is 2.44. The summed E-state index contributed by atoms with van der Waals surface area (Å²) in [7, 11) is 0. The van der Waals surface area contributed by atoms with Crippen molar-refractivity contribution in [3.8, 4) is 0 Å². The van der Waals surface area contributed by atoms with Crippen LogP contribution in [0.25, 0.3) is 0 Å². The zero-order valence-electron chi connectivity index (χ0n) is 12.5. The van der Waals surface area contributed by atoms with Crippen molar-refractivity contribution in [2.45, 2.75) is 39.0 Å². The molecule has 1 amide bonds. The van der Waals surface area contributed by atoms with Gasteiger partial charge >= 0.3 is 5.97 Å². The highest BCUT2D eigenvalue weighted by molar-refractivity contribution is 6.15. The Morgan fingerprint density at radius 2 is 1.71 bits per heavy atom. The van der Waals surface area contributed by atoms with Crippen LogP contribution in [0.3, 0.4) is 0 Å². The summed E-state index contributed by atoms with van der Waals surface area (Å²) in [5.74, 6) is 1.76. The molecule has 4 saturated carbocycles. The first-order valence-electron chi connectivity index (χ1n) is 7.97. The molecule has 0 aromatic rings. The molecule has 0 radical (unpaired) electrons. The Balaban J connectivity index is 1.81. The van der Waals surface area contributed by atoms with Crippen molar-refractivity contribution in [1.82, 2.24) is 0 Å². The smallest absolute Gasteiger partial charge is 0.343 e. The highest BCUT2D eigenvalue weighted by Crippen LogP contribution is 2.56. The molecule has 0 aliphatic heterocycles. The molecule has 4 bridgehead atoms. The van der Waals surface area contributed by atoms with Gasteiger partial charge in [0.25, 0.3) is 5.91 Å². The van der Waals surface area contributed by atoms with E-state index in [4.69, 9.17) is 10.5 Å². The minimum Gasteiger partial charge on any atom is -0.462 e. The van der Waals surface area contributed by atoms with Gasteiger partial charge in [-0.1, -0.05) is 11.6 Å². The molecule has 0 atom stereocenters. The summed E-state index contributed by atoms with van der Waals surface area (Å²) in [5, 5.41) is 0. The molecule has 2 N–H and O–H groups in total. The van der Waals surface area contributed by atoms with Gasteiger partial charge < -0.3 is 10.5 Å². The predicted molar refractivity (Wildman–Crippen MR) is 79.0 cm³/mol. The Kier molecular flexibility index (Phi) is 3.87. The molecular formula is C17H23NO3. The average Bonchev–Trinajstić information content (AvgIpc) is 2.40. The third-order valence-electron chi connectivity index (χ3n) is 5.28. The predicted octanol–water partition coefficient (Wildman–Crippen LogP) is 2.34. The molecule has 0 spiro atoms. The van der Waals surface area contributed by atoms with Gasteiger partial charge in [-0.05, 0) is 68.8 Å². The van der Waals surface area contributed by atoms with Crippen LogP contribution in [0.1, 0.15) is 39.0 Å². The van der Waals surface area contributed by atoms with Gasteiger partial charge in [0.1, 0.15) is 5.57 Å². The molecule has 4 heteroatoms. The van der Waals surface area contributed by atoms with E-state index in [1.165, 1.54) is 37.7 Å².